The van der Waals surface area contributed by atoms with E-state index in [9.17, 15) is 8.42 Å². The number of sulfonamides is 1. The van der Waals surface area contributed by atoms with E-state index in [2.05, 4.69) is 9.71 Å². The van der Waals surface area contributed by atoms with Crippen LogP contribution < -0.4 is 4.72 Å². The maximum atomic E-state index is 12.1. The van der Waals surface area contributed by atoms with Crippen molar-refractivity contribution in [2.24, 2.45) is 10.9 Å². The lowest BCUT2D eigenvalue weighted by Crippen LogP contribution is -2.35. The fourth-order valence-corrected chi connectivity index (χ4v) is 3.19. The molecular weight excluding hydrogens is 312 g/mol. The fraction of sp³-hybridized carbons (Fsp3) is 0.562. The molecule has 0 fully saturated rings. The summed E-state index contributed by atoms with van der Waals surface area (Å²) in [6, 6.07) is 6.85. The van der Waals surface area contributed by atoms with E-state index in [-0.39, 0.29) is 10.8 Å². The highest BCUT2D eigenvalue weighted by atomic mass is 32.2. The van der Waals surface area contributed by atoms with Gasteiger partial charge in [0.1, 0.15) is 0 Å². The topological polar surface area (TPSA) is 65.0 Å². The van der Waals surface area contributed by atoms with Crippen molar-refractivity contribution in [3.05, 3.63) is 29.8 Å². The van der Waals surface area contributed by atoms with Crippen LogP contribution in [0.15, 0.2) is 34.2 Å². The first kappa shape index (κ1) is 19.4. The molecule has 0 bridgehead atoms. The number of nitrogens with zero attached hydrogens (tertiary/aromatic N) is 3. The van der Waals surface area contributed by atoms with Gasteiger partial charge in [0.15, 0.2) is 5.96 Å². The molecule has 0 saturated carbocycles. The molecule has 0 aliphatic rings. The minimum absolute atomic E-state index is 0.272. The number of aliphatic imine (C=N–C) groups is 1. The summed E-state index contributed by atoms with van der Waals surface area (Å²) in [5.41, 5.74) is 0.967. The summed E-state index contributed by atoms with van der Waals surface area (Å²) in [5.74, 6) is 1.13. The van der Waals surface area contributed by atoms with Crippen LogP contribution >= 0.6 is 0 Å². The Morgan fingerprint density at radius 2 is 1.61 bits per heavy atom. The number of rotatable bonds is 6. The zero-order valence-corrected chi connectivity index (χ0v) is 15.7. The molecule has 0 unspecified atom stereocenters. The van der Waals surface area contributed by atoms with Crippen LogP contribution in [-0.4, -0.2) is 58.9 Å². The quantitative estimate of drug-likeness (QED) is 0.631. The molecule has 0 heterocycles. The Morgan fingerprint density at radius 3 is 2.04 bits per heavy atom. The number of nitrogens with one attached hydrogen (secondary N) is 1. The summed E-state index contributed by atoms with van der Waals surface area (Å²) in [5, 5.41) is 0. The van der Waals surface area contributed by atoms with Gasteiger partial charge in [0.2, 0.25) is 10.0 Å². The first-order valence-electron chi connectivity index (χ1n) is 7.61. The smallest absolute Gasteiger partial charge is 0.240 e. The lowest BCUT2D eigenvalue weighted by Gasteiger charge is -2.22. The summed E-state index contributed by atoms with van der Waals surface area (Å²) >= 11 is 0. The monoisotopic (exact) mass is 340 g/mol. The van der Waals surface area contributed by atoms with Crippen LogP contribution in [0.4, 0.5) is 0 Å². The molecule has 23 heavy (non-hydrogen) atoms. The molecule has 0 aliphatic heterocycles. The van der Waals surface area contributed by atoms with Gasteiger partial charge in [-0.2, -0.15) is 0 Å². The first-order valence-corrected chi connectivity index (χ1v) is 9.09. The second-order valence-corrected chi connectivity index (χ2v) is 8.06. The van der Waals surface area contributed by atoms with Gasteiger partial charge in [0, 0.05) is 34.7 Å². The average Bonchev–Trinajstić information content (AvgIpc) is 2.45. The van der Waals surface area contributed by atoms with E-state index in [0.717, 1.165) is 11.5 Å². The fourth-order valence-electron chi connectivity index (χ4n) is 1.98. The third-order valence-electron chi connectivity index (χ3n) is 3.12. The Balaban J connectivity index is 2.83. The SMILES string of the molecule is CC(C)CNS(=O)(=O)c1ccc(CN=C(N(C)C)N(C)C)cc1. The zero-order valence-electron chi connectivity index (χ0n) is 14.9. The van der Waals surface area contributed by atoms with Crippen molar-refractivity contribution in [2.75, 3.05) is 34.7 Å². The van der Waals surface area contributed by atoms with Crippen molar-refractivity contribution < 1.29 is 8.42 Å². The van der Waals surface area contributed by atoms with Crippen LogP contribution in [0.2, 0.25) is 0 Å². The van der Waals surface area contributed by atoms with E-state index in [0.29, 0.717) is 13.1 Å². The number of guanidine groups is 1. The Labute approximate surface area is 140 Å². The summed E-state index contributed by atoms with van der Waals surface area (Å²) in [4.78, 5) is 8.71. The lowest BCUT2D eigenvalue weighted by molar-refractivity contribution is 0.479. The van der Waals surface area contributed by atoms with Crippen LogP contribution in [0.25, 0.3) is 0 Å². The second-order valence-electron chi connectivity index (χ2n) is 6.29. The van der Waals surface area contributed by atoms with Crippen LogP contribution in [0.3, 0.4) is 0 Å². The van der Waals surface area contributed by atoms with Crippen LogP contribution in [0.5, 0.6) is 0 Å². The van der Waals surface area contributed by atoms with Gasteiger partial charge in [-0.15, -0.1) is 0 Å². The summed E-state index contributed by atoms with van der Waals surface area (Å²) < 4.78 is 26.9. The predicted molar refractivity (Wildman–Crippen MR) is 95.0 cm³/mol. The molecule has 6 nitrogen and oxygen atoms in total. The van der Waals surface area contributed by atoms with Crippen molar-refractivity contribution in [1.29, 1.82) is 0 Å². The van der Waals surface area contributed by atoms with Crippen molar-refractivity contribution in [3.63, 3.8) is 0 Å². The molecule has 1 rings (SSSR count). The molecule has 0 radical (unpaired) electrons. The maximum Gasteiger partial charge on any atom is 0.240 e. The van der Waals surface area contributed by atoms with Crippen LogP contribution in [-0.2, 0) is 16.6 Å². The Kier molecular flexibility index (Phi) is 7.02. The molecule has 130 valence electrons. The highest BCUT2D eigenvalue weighted by molar-refractivity contribution is 7.89. The van der Waals surface area contributed by atoms with Crippen molar-refractivity contribution in [2.45, 2.75) is 25.3 Å². The molecule has 0 aliphatic carbocycles. The highest BCUT2D eigenvalue weighted by Gasteiger charge is 2.13. The van der Waals surface area contributed by atoms with Crippen molar-refractivity contribution >= 4 is 16.0 Å². The number of benzene rings is 1. The summed E-state index contributed by atoms with van der Waals surface area (Å²) in [6.45, 7) is 4.88. The molecule has 0 saturated heterocycles. The summed E-state index contributed by atoms with van der Waals surface area (Å²) in [7, 11) is 4.33. The van der Waals surface area contributed by atoms with E-state index in [1.165, 1.54) is 0 Å². The van der Waals surface area contributed by atoms with E-state index in [4.69, 9.17) is 0 Å². The van der Waals surface area contributed by atoms with Gasteiger partial charge in [-0.3, -0.25) is 0 Å². The van der Waals surface area contributed by atoms with Gasteiger partial charge in [0.25, 0.3) is 0 Å². The standard InChI is InChI=1S/C16H28N4O2S/c1-13(2)11-18-23(21,22)15-9-7-14(8-10-15)12-17-16(19(3)4)20(5)6/h7-10,13,18H,11-12H2,1-6H3. The lowest BCUT2D eigenvalue weighted by atomic mass is 10.2. The second kappa shape index (κ2) is 8.31. The zero-order chi connectivity index (χ0) is 17.6. The minimum atomic E-state index is -3.43. The van der Waals surface area contributed by atoms with Crippen molar-refractivity contribution in [3.8, 4) is 0 Å². The van der Waals surface area contributed by atoms with Gasteiger partial charge < -0.3 is 9.80 Å². The first-order chi connectivity index (χ1) is 10.6. The van der Waals surface area contributed by atoms with Gasteiger partial charge in [-0.25, -0.2) is 18.1 Å². The van der Waals surface area contributed by atoms with E-state index in [1.807, 2.05) is 51.8 Å². The van der Waals surface area contributed by atoms with Crippen molar-refractivity contribution in [1.82, 2.24) is 14.5 Å². The van der Waals surface area contributed by atoms with Gasteiger partial charge in [-0.05, 0) is 23.6 Å². The van der Waals surface area contributed by atoms with Gasteiger partial charge in [-0.1, -0.05) is 26.0 Å². The predicted octanol–water partition coefficient (Wildman–Crippen LogP) is 1.60. The van der Waals surface area contributed by atoms with E-state index in [1.54, 1.807) is 24.3 Å². The van der Waals surface area contributed by atoms with Gasteiger partial charge >= 0.3 is 0 Å². The summed E-state index contributed by atoms with van der Waals surface area (Å²) in [6.07, 6.45) is 0. The molecule has 0 spiro atoms. The minimum Gasteiger partial charge on any atom is -0.349 e. The third kappa shape index (κ3) is 6.19. The molecule has 1 N–H and O–H groups in total. The highest BCUT2D eigenvalue weighted by Crippen LogP contribution is 2.12. The Bertz CT molecular complexity index is 610. The molecule has 0 amide bonds. The normalized spacial score (nSPS) is 11.4. The Morgan fingerprint density at radius 1 is 1.09 bits per heavy atom. The molecular formula is C16H28N4O2S. The number of hydrogen-bond acceptors (Lipinski definition) is 3. The number of hydrogen-bond donors (Lipinski definition) is 1. The molecule has 0 aromatic heterocycles. The average molecular weight is 340 g/mol. The third-order valence-corrected chi connectivity index (χ3v) is 4.56. The Hall–Kier alpha value is -1.60. The largest absolute Gasteiger partial charge is 0.349 e. The molecule has 1 aromatic carbocycles. The van der Waals surface area contributed by atoms with Crippen LogP contribution in [0.1, 0.15) is 19.4 Å². The van der Waals surface area contributed by atoms with E-state index < -0.39 is 10.0 Å². The van der Waals surface area contributed by atoms with Crippen LogP contribution in [0, 0.1) is 5.92 Å². The molecule has 0 atom stereocenters. The van der Waals surface area contributed by atoms with Gasteiger partial charge in [0.05, 0.1) is 11.4 Å². The maximum absolute atomic E-state index is 12.1. The molecule has 7 heteroatoms. The van der Waals surface area contributed by atoms with E-state index >= 15 is 0 Å². The molecule has 1 aromatic rings.